The van der Waals surface area contributed by atoms with Crippen LogP contribution in [0.3, 0.4) is 0 Å². The zero-order valence-corrected chi connectivity index (χ0v) is 11.1. The number of amides is 1. The number of rotatable bonds is 3. The van der Waals surface area contributed by atoms with Gasteiger partial charge in [0.2, 0.25) is 5.91 Å². The molecule has 19 heavy (non-hydrogen) atoms. The lowest BCUT2D eigenvalue weighted by Crippen LogP contribution is -2.52. The predicted molar refractivity (Wildman–Crippen MR) is 64.7 cm³/mol. The number of aromatic nitrogens is 1. The molecule has 2 heterocycles. The molecule has 0 aliphatic carbocycles. The number of hydrogen-bond donors (Lipinski definition) is 2. The van der Waals surface area contributed by atoms with E-state index in [1.807, 2.05) is 0 Å². The van der Waals surface area contributed by atoms with Gasteiger partial charge in [0.05, 0.1) is 17.7 Å². The van der Waals surface area contributed by atoms with Gasteiger partial charge in [0.1, 0.15) is 0 Å². The molecule has 1 saturated heterocycles. The molecule has 1 aliphatic rings. The first-order valence-corrected chi connectivity index (χ1v) is 6.69. The Morgan fingerprint density at radius 3 is 2.84 bits per heavy atom. The van der Waals surface area contributed by atoms with Crippen molar-refractivity contribution in [1.82, 2.24) is 15.6 Å². The van der Waals surface area contributed by atoms with Gasteiger partial charge in [-0.15, -0.1) is 11.3 Å². The third-order valence-corrected chi connectivity index (χ3v) is 4.32. The lowest BCUT2D eigenvalue weighted by Gasteiger charge is -2.29. The number of nitrogens with one attached hydrogen (secondary N) is 2. The molecule has 106 valence electrons. The van der Waals surface area contributed by atoms with Crippen LogP contribution in [-0.2, 0) is 11.3 Å². The second-order valence-corrected chi connectivity index (χ2v) is 5.49. The highest BCUT2D eigenvalue weighted by Gasteiger charge is 2.61. The average molecular weight is 293 g/mol. The first kappa shape index (κ1) is 14.3. The SMILES string of the molecule is Cc1ncsc1CNC(=O)C1(C(F)(F)F)CCNC1. The molecular formula is C11H14F3N3OS. The van der Waals surface area contributed by atoms with E-state index in [0.717, 1.165) is 10.6 Å². The number of hydrogen-bond acceptors (Lipinski definition) is 4. The fraction of sp³-hybridized carbons (Fsp3) is 0.636. The summed E-state index contributed by atoms with van der Waals surface area (Å²) >= 11 is 1.32. The lowest BCUT2D eigenvalue weighted by atomic mass is 9.85. The van der Waals surface area contributed by atoms with Gasteiger partial charge >= 0.3 is 6.18 Å². The fourth-order valence-corrected chi connectivity index (χ4v) is 2.80. The van der Waals surface area contributed by atoms with Crippen LogP contribution < -0.4 is 10.6 Å². The molecule has 8 heteroatoms. The van der Waals surface area contributed by atoms with Crippen LogP contribution in [0.15, 0.2) is 5.51 Å². The van der Waals surface area contributed by atoms with Gasteiger partial charge in [-0.25, -0.2) is 4.98 Å². The van der Waals surface area contributed by atoms with Crippen molar-refractivity contribution in [3.63, 3.8) is 0 Å². The van der Waals surface area contributed by atoms with Crippen molar-refractivity contribution in [3.8, 4) is 0 Å². The summed E-state index contributed by atoms with van der Waals surface area (Å²) in [6, 6.07) is 0. The summed E-state index contributed by atoms with van der Waals surface area (Å²) in [6.45, 7) is 1.69. The zero-order chi connectivity index (χ0) is 14.1. The topological polar surface area (TPSA) is 54.0 Å². The van der Waals surface area contributed by atoms with Crippen LogP contribution in [0.1, 0.15) is 17.0 Å². The molecule has 4 nitrogen and oxygen atoms in total. The number of carbonyl (C=O) groups excluding carboxylic acids is 1. The molecule has 1 amide bonds. The molecule has 0 aromatic carbocycles. The number of halogens is 3. The van der Waals surface area contributed by atoms with E-state index in [-0.39, 0.29) is 26.1 Å². The Hall–Kier alpha value is -1.15. The maximum atomic E-state index is 13.1. The van der Waals surface area contributed by atoms with Gasteiger partial charge in [0.15, 0.2) is 5.41 Å². The monoisotopic (exact) mass is 293 g/mol. The summed E-state index contributed by atoms with van der Waals surface area (Å²) in [4.78, 5) is 16.7. The largest absolute Gasteiger partial charge is 0.404 e. The summed E-state index contributed by atoms with van der Waals surface area (Å²) in [7, 11) is 0. The standard InChI is InChI=1S/C11H14F3N3OS/c1-7-8(19-6-17-7)4-16-9(18)10(11(12,13)14)2-3-15-5-10/h6,15H,2-5H2,1H3,(H,16,18). The van der Waals surface area contributed by atoms with E-state index in [2.05, 4.69) is 15.6 Å². The van der Waals surface area contributed by atoms with Crippen LogP contribution in [0.2, 0.25) is 0 Å². The van der Waals surface area contributed by atoms with Crippen molar-refractivity contribution in [2.24, 2.45) is 5.41 Å². The Kier molecular flexibility index (Phi) is 3.82. The highest BCUT2D eigenvalue weighted by atomic mass is 32.1. The van der Waals surface area contributed by atoms with E-state index in [0.29, 0.717) is 0 Å². The normalized spacial score (nSPS) is 23.6. The van der Waals surface area contributed by atoms with Crippen molar-refractivity contribution in [3.05, 3.63) is 16.1 Å². The van der Waals surface area contributed by atoms with Gasteiger partial charge in [-0.05, 0) is 19.9 Å². The van der Waals surface area contributed by atoms with Gasteiger partial charge in [-0.1, -0.05) is 0 Å². The number of nitrogens with zero attached hydrogens (tertiary/aromatic N) is 1. The van der Waals surface area contributed by atoms with Gasteiger partial charge in [-0.3, -0.25) is 4.79 Å². The average Bonchev–Trinajstić information content (AvgIpc) is 2.94. The maximum absolute atomic E-state index is 13.1. The highest BCUT2D eigenvalue weighted by molar-refractivity contribution is 7.09. The summed E-state index contributed by atoms with van der Waals surface area (Å²) in [6.07, 6.45) is -4.76. The fourth-order valence-electron chi connectivity index (χ4n) is 2.08. The minimum Gasteiger partial charge on any atom is -0.350 e. The molecule has 0 spiro atoms. The molecule has 1 aliphatic heterocycles. The first-order chi connectivity index (χ1) is 8.87. The third-order valence-electron chi connectivity index (χ3n) is 3.39. The molecule has 1 fully saturated rings. The van der Waals surface area contributed by atoms with Crippen molar-refractivity contribution < 1.29 is 18.0 Å². The Morgan fingerprint density at radius 2 is 2.37 bits per heavy atom. The van der Waals surface area contributed by atoms with Crippen molar-refractivity contribution in [2.75, 3.05) is 13.1 Å². The molecule has 0 saturated carbocycles. The number of carbonyl (C=O) groups is 1. The van der Waals surface area contributed by atoms with Crippen molar-refractivity contribution in [2.45, 2.75) is 26.1 Å². The predicted octanol–water partition coefficient (Wildman–Crippen LogP) is 1.61. The Bertz CT molecular complexity index is 466. The van der Waals surface area contributed by atoms with Gasteiger partial charge in [0.25, 0.3) is 0 Å². The molecule has 2 N–H and O–H groups in total. The summed E-state index contributed by atoms with van der Waals surface area (Å²) in [5, 5.41) is 5.00. The quantitative estimate of drug-likeness (QED) is 0.890. The Morgan fingerprint density at radius 1 is 1.63 bits per heavy atom. The lowest BCUT2D eigenvalue weighted by molar-refractivity contribution is -0.216. The molecule has 0 radical (unpaired) electrons. The van der Waals surface area contributed by atoms with Gasteiger partial charge in [0, 0.05) is 11.4 Å². The van der Waals surface area contributed by atoms with Gasteiger partial charge < -0.3 is 10.6 Å². The first-order valence-electron chi connectivity index (χ1n) is 5.81. The van der Waals surface area contributed by atoms with E-state index >= 15 is 0 Å². The van der Waals surface area contributed by atoms with Crippen molar-refractivity contribution in [1.29, 1.82) is 0 Å². The van der Waals surface area contributed by atoms with Crippen molar-refractivity contribution >= 4 is 17.2 Å². The highest BCUT2D eigenvalue weighted by Crippen LogP contribution is 2.43. The summed E-state index contributed by atoms with van der Waals surface area (Å²) in [5.41, 5.74) is 0.0369. The second kappa shape index (κ2) is 5.09. The van der Waals surface area contributed by atoms with Crippen LogP contribution in [0.4, 0.5) is 13.2 Å². The summed E-state index contributed by atoms with van der Waals surface area (Å²) < 4.78 is 39.3. The van der Waals surface area contributed by atoms with Gasteiger partial charge in [-0.2, -0.15) is 13.2 Å². The van der Waals surface area contributed by atoms with E-state index in [1.54, 1.807) is 12.4 Å². The molecule has 0 bridgehead atoms. The number of alkyl halides is 3. The molecule has 1 aromatic heterocycles. The second-order valence-electron chi connectivity index (χ2n) is 4.55. The minimum absolute atomic E-state index is 0.0904. The molecule has 2 rings (SSSR count). The van der Waals surface area contributed by atoms with Crippen LogP contribution in [-0.4, -0.2) is 30.2 Å². The smallest absolute Gasteiger partial charge is 0.350 e. The Labute approximate surface area is 112 Å². The summed E-state index contributed by atoms with van der Waals surface area (Å²) in [5.74, 6) is -0.960. The molecule has 1 aromatic rings. The molecule has 1 atom stereocenters. The van der Waals surface area contributed by atoms with Crippen LogP contribution in [0.5, 0.6) is 0 Å². The van der Waals surface area contributed by atoms with E-state index in [4.69, 9.17) is 0 Å². The van der Waals surface area contributed by atoms with E-state index < -0.39 is 17.5 Å². The Balaban J connectivity index is 2.07. The molecular weight excluding hydrogens is 279 g/mol. The number of thiazole rings is 1. The van der Waals surface area contributed by atoms with Crippen LogP contribution in [0.25, 0.3) is 0 Å². The van der Waals surface area contributed by atoms with Crippen LogP contribution in [0, 0.1) is 12.3 Å². The van der Waals surface area contributed by atoms with E-state index in [9.17, 15) is 18.0 Å². The van der Waals surface area contributed by atoms with E-state index in [1.165, 1.54) is 11.3 Å². The zero-order valence-electron chi connectivity index (χ0n) is 10.3. The maximum Gasteiger partial charge on any atom is 0.404 e. The number of aryl methyl sites for hydroxylation is 1. The minimum atomic E-state index is -4.54. The van der Waals surface area contributed by atoms with Crippen LogP contribution >= 0.6 is 11.3 Å². The molecule has 1 unspecified atom stereocenters. The third kappa shape index (κ3) is 2.59.